The van der Waals surface area contributed by atoms with E-state index in [0.717, 1.165) is 11.3 Å². The largest absolute Gasteiger partial charge is 0.497 e. The summed E-state index contributed by atoms with van der Waals surface area (Å²) in [5, 5.41) is 0. The molecule has 0 spiro atoms. The average molecular weight is 231 g/mol. The second-order valence-electron chi connectivity index (χ2n) is 3.58. The maximum absolute atomic E-state index is 11.1. The molecule has 0 aliphatic carbocycles. The van der Waals surface area contributed by atoms with E-state index < -0.39 is 6.03 Å². The lowest BCUT2D eigenvalue weighted by Gasteiger charge is -2.04. The number of carbonyl (C=O) groups excluding carboxylic acids is 1. The highest BCUT2D eigenvalue weighted by Gasteiger charge is 2.07. The number of nitrogens with two attached hydrogens (primary N) is 1. The number of amides is 1. The van der Waals surface area contributed by atoms with Crippen molar-refractivity contribution in [2.75, 3.05) is 7.11 Å². The number of aromatic nitrogens is 2. The third-order valence-electron chi connectivity index (χ3n) is 2.48. The molecule has 0 saturated heterocycles. The summed E-state index contributed by atoms with van der Waals surface area (Å²) < 4.78 is 6.41. The average Bonchev–Trinajstić information content (AvgIpc) is 2.78. The number of primary amides is 1. The van der Waals surface area contributed by atoms with Gasteiger partial charge in [-0.2, -0.15) is 0 Å². The van der Waals surface area contributed by atoms with E-state index in [-0.39, 0.29) is 0 Å². The van der Waals surface area contributed by atoms with E-state index in [9.17, 15) is 4.79 Å². The number of nitrogens with zero attached hydrogens (tertiary/aromatic N) is 2. The van der Waals surface area contributed by atoms with Crippen molar-refractivity contribution in [1.29, 1.82) is 0 Å². The van der Waals surface area contributed by atoms with Gasteiger partial charge in [-0.3, -0.25) is 4.57 Å². The quantitative estimate of drug-likeness (QED) is 0.868. The van der Waals surface area contributed by atoms with Gasteiger partial charge in [-0.15, -0.1) is 0 Å². The number of methoxy groups -OCH3 is 1. The van der Waals surface area contributed by atoms with Crippen LogP contribution in [0.3, 0.4) is 0 Å². The Morgan fingerprint density at radius 1 is 1.41 bits per heavy atom. The number of benzene rings is 1. The summed E-state index contributed by atoms with van der Waals surface area (Å²) in [6.45, 7) is 0. The van der Waals surface area contributed by atoms with Crippen LogP contribution in [0.5, 0.6) is 5.75 Å². The molecule has 0 radical (unpaired) electrons. The first-order chi connectivity index (χ1) is 8.20. The molecule has 0 atom stereocenters. The molecular weight excluding hydrogens is 218 g/mol. The highest BCUT2D eigenvalue weighted by molar-refractivity contribution is 5.75. The van der Waals surface area contributed by atoms with Gasteiger partial charge in [0.05, 0.1) is 7.11 Å². The van der Waals surface area contributed by atoms with E-state index in [2.05, 4.69) is 4.98 Å². The molecule has 0 fully saturated rings. The molecule has 5 heteroatoms. The number of hydrogen-bond acceptors (Lipinski definition) is 3. The third-order valence-corrected chi connectivity index (χ3v) is 2.48. The van der Waals surface area contributed by atoms with Crippen LogP contribution in [0, 0.1) is 0 Å². The van der Waals surface area contributed by atoms with E-state index in [4.69, 9.17) is 10.5 Å². The summed E-state index contributed by atoms with van der Waals surface area (Å²) in [4.78, 5) is 15.2. The van der Waals surface area contributed by atoms with Gasteiger partial charge in [0.1, 0.15) is 11.6 Å². The fraction of sp³-hybridized carbons (Fsp3) is 0.167. The highest BCUT2D eigenvalue weighted by Crippen LogP contribution is 2.14. The lowest BCUT2D eigenvalue weighted by molar-refractivity contribution is 0.249. The minimum absolute atomic E-state index is 0.522. The standard InChI is InChI=1S/C12H13N3O2/c1-17-10-4-2-9(3-5-10)8-11-14-6-7-15(11)12(13)16/h2-7H,8H2,1H3,(H2,13,16). The third kappa shape index (κ3) is 2.44. The fourth-order valence-electron chi connectivity index (χ4n) is 1.59. The van der Waals surface area contributed by atoms with E-state index >= 15 is 0 Å². The van der Waals surface area contributed by atoms with Gasteiger partial charge in [0.15, 0.2) is 0 Å². The van der Waals surface area contributed by atoms with Gasteiger partial charge < -0.3 is 10.5 Å². The number of imidazole rings is 1. The van der Waals surface area contributed by atoms with Crippen LogP contribution >= 0.6 is 0 Å². The first kappa shape index (κ1) is 11.2. The van der Waals surface area contributed by atoms with Crippen molar-refractivity contribution in [3.63, 3.8) is 0 Å². The zero-order valence-electron chi connectivity index (χ0n) is 9.46. The van der Waals surface area contributed by atoms with Crippen LogP contribution in [0.25, 0.3) is 0 Å². The molecule has 88 valence electrons. The van der Waals surface area contributed by atoms with Crippen molar-refractivity contribution in [2.45, 2.75) is 6.42 Å². The Hall–Kier alpha value is -2.30. The Labute approximate surface area is 98.8 Å². The van der Waals surface area contributed by atoms with Crippen LogP contribution < -0.4 is 10.5 Å². The van der Waals surface area contributed by atoms with Crippen LogP contribution in [-0.4, -0.2) is 22.7 Å². The van der Waals surface area contributed by atoms with Crippen LogP contribution in [0.4, 0.5) is 4.79 Å². The van der Waals surface area contributed by atoms with Gasteiger partial charge in [-0.1, -0.05) is 12.1 Å². The van der Waals surface area contributed by atoms with Crippen molar-refractivity contribution >= 4 is 6.03 Å². The van der Waals surface area contributed by atoms with Crippen LogP contribution in [0.1, 0.15) is 11.4 Å². The maximum Gasteiger partial charge on any atom is 0.324 e. The predicted octanol–water partition coefficient (Wildman–Crippen LogP) is 1.41. The van der Waals surface area contributed by atoms with E-state index in [1.54, 1.807) is 19.5 Å². The van der Waals surface area contributed by atoms with Gasteiger partial charge >= 0.3 is 6.03 Å². The molecule has 0 aliphatic heterocycles. The molecule has 1 amide bonds. The Morgan fingerprint density at radius 3 is 2.71 bits per heavy atom. The fourth-order valence-corrected chi connectivity index (χ4v) is 1.59. The zero-order valence-corrected chi connectivity index (χ0v) is 9.46. The first-order valence-electron chi connectivity index (χ1n) is 5.15. The van der Waals surface area contributed by atoms with Gasteiger partial charge in [0, 0.05) is 18.8 Å². The number of rotatable bonds is 3. The minimum atomic E-state index is -0.522. The summed E-state index contributed by atoms with van der Waals surface area (Å²) in [5.74, 6) is 1.43. The van der Waals surface area contributed by atoms with Gasteiger partial charge in [-0.25, -0.2) is 9.78 Å². The van der Waals surface area contributed by atoms with Crippen molar-refractivity contribution in [2.24, 2.45) is 5.73 Å². The maximum atomic E-state index is 11.1. The van der Waals surface area contributed by atoms with Crippen LogP contribution in [-0.2, 0) is 6.42 Å². The molecule has 0 aliphatic rings. The van der Waals surface area contributed by atoms with E-state index in [1.807, 2.05) is 24.3 Å². The Morgan fingerprint density at radius 2 is 2.12 bits per heavy atom. The summed E-state index contributed by atoms with van der Waals surface area (Å²) in [6.07, 6.45) is 3.67. The molecule has 0 bridgehead atoms. The van der Waals surface area contributed by atoms with Gasteiger partial charge in [-0.05, 0) is 17.7 Å². The molecule has 2 N–H and O–H groups in total. The minimum Gasteiger partial charge on any atom is -0.497 e. The molecule has 1 heterocycles. The molecule has 0 unspecified atom stereocenters. The SMILES string of the molecule is COc1ccc(Cc2nccn2C(N)=O)cc1. The van der Waals surface area contributed by atoms with Crippen molar-refractivity contribution in [1.82, 2.24) is 9.55 Å². The number of hydrogen-bond donors (Lipinski definition) is 1. The Bertz CT molecular complexity index is 517. The predicted molar refractivity (Wildman–Crippen MR) is 63.0 cm³/mol. The normalized spacial score (nSPS) is 10.2. The first-order valence-corrected chi connectivity index (χ1v) is 5.15. The molecule has 2 rings (SSSR count). The molecule has 2 aromatic rings. The Balaban J connectivity index is 2.19. The highest BCUT2D eigenvalue weighted by atomic mass is 16.5. The lowest BCUT2D eigenvalue weighted by atomic mass is 10.1. The molecule has 1 aromatic heterocycles. The number of carbonyl (C=O) groups is 1. The van der Waals surface area contributed by atoms with Gasteiger partial charge in [0.2, 0.25) is 0 Å². The monoisotopic (exact) mass is 231 g/mol. The summed E-state index contributed by atoms with van der Waals surface area (Å²) >= 11 is 0. The van der Waals surface area contributed by atoms with Crippen molar-refractivity contribution in [3.8, 4) is 5.75 Å². The topological polar surface area (TPSA) is 70.1 Å². The molecule has 1 aromatic carbocycles. The molecule has 5 nitrogen and oxygen atoms in total. The van der Waals surface area contributed by atoms with Gasteiger partial charge in [0.25, 0.3) is 0 Å². The van der Waals surface area contributed by atoms with E-state index in [0.29, 0.717) is 12.2 Å². The lowest BCUT2D eigenvalue weighted by Crippen LogP contribution is -2.21. The second kappa shape index (κ2) is 4.69. The summed E-state index contributed by atoms with van der Waals surface area (Å²) in [7, 11) is 1.62. The summed E-state index contributed by atoms with van der Waals surface area (Å²) in [5.41, 5.74) is 6.26. The van der Waals surface area contributed by atoms with Crippen LogP contribution in [0.15, 0.2) is 36.7 Å². The molecule has 0 saturated carbocycles. The van der Waals surface area contributed by atoms with Crippen molar-refractivity contribution < 1.29 is 9.53 Å². The second-order valence-corrected chi connectivity index (χ2v) is 3.58. The van der Waals surface area contributed by atoms with E-state index in [1.165, 1.54) is 4.57 Å². The number of ether oxygens (including phenoxy) is 1. The Kier molecular flexibility index (Phi) is 3.09. The van der Waals surface area contributed by atoms with Crippen LogP contribution in [0.2, 0.25) is 0 Å². The molecule has 17 heavy (non-hydrogen) atoms. The van der Waals surface area contributed by atoms with Crippen molar-refractivity contribution in [3.05, 3.63) is 48.0 Å². The summed E-state index contributed by atoms with van der Waals surface area (Å²) in [6, 6.07) is 7.07. The zero-order chi connectivity index (χ0) is 12.3. The molecular formula is C12H13N3O2. The smallest absolute Gasteiger partial charge is 0.324 e.